The van der Waals surface area contributed by atoms with Gasteiger partial charge >= 0.3 is 0 Å². The molecule has 0 saturated carbocycles. The lowest BCUT2D eigenvalue weighted by Crippen LogP contribution is -2.49. The molecule has 1 atom stereocenters. The minimum absolute atomic E-state index is 0.0172. The van der Waals surface area contributed by atoms with E-state index in [4.69, 9.17) is 4.74 Å². The van der Waals surface area contributed by atoms with Gasteiger partial charge in [-0.2, -0.15) is 0 Å². The first-order chi connectivity index (χ1) is 17.6. The number of anilines is 1. The Kier molecular flexibility index (Phi) is 6.89. The molecule has 1 fully saturated rings. The fourth-order valence-electron chi connectivity index (χ4n) is 5.06. The molecule has 0 aliphatic carbocycles. The van der Waals surface area contributed by atoms with Crippen LogP contribution in [0, 0.1) is 12.7 Å². The van der Waals surface area contributed by atoms with E-state index in [2.05, 4.69) is 16.0 Å². The van der Waals surface area contributed by atoms with E-state index in [-0.39, 0.29) is 18.1 Å². The van der Waals surface area contributed by atoms with Crippen molar-refractivity contribution < 1.29 is 13.9 Å². The molecule has 1 aliphatic heterocycles. The van der Waals surface area contributed by atoms with Gasteiger partial charge in [0.15, 0.2) is 0 Å². The van der Waals surface area contributed by atoms with Gasteiger partial charge < -0.3 is 18.9 Å². The predicted molar refractivity (Wildman–Crippen MR) is 139 cm³/mol. The maximum atomic E-state index is 15.0. The quantitative estimate of drug-likeness (QED) is 0.367. The van der Waals surface area contributed by atoms with Gasteiger partial charge in [-0.1, -0.05) is 36.4 Å². The summed E-state index contributed by atoms with van der Waals surface area (Å²) in [4.78, 5) is 22.3. The first kappa shape index (κ1) is 23.9. The third-order valence-electron chi connectivity index (χ3n) is 6.91. The Hall–Kier alpha value is -3.87. The van der Waals surface area contributed by atoms with Crippen LogP contribution in [-0.4, -0.2) is 53.0 Å². The fourth-order valence-corrected chi connectivity index (χ4v) is 5.06. The number of imidazole rings is 1. The number of amides is 1. The zero-order chi connectivity index (χ0) is 25.1. The first-order valence-electron chi connectivity index (χ1n) is 12.5. The van der Waals surface area contributed by atoms with Gasteiger partial charge in [0.25, 0.3) is 0 Å². The number of aromatic nitrogens is 2. The van der Waals surface area contributed by atoms with E-state index in [1.54, 1.807) is 18.3 Å². The largest absolute Gasteiger partial charge is 0.492 e. The second-order valence-corrected chi connectivity index (χ2v) is 9.11. The Bertz CT molecular complexity index is 1360. The molecule has 6 nitrogen and oxygen atoms in total. The molecule has 0 radical (unpaired) electrons. The van der Waals surface area contributed by atoms with Crippen molar-refractivity contribution in [1.29, 1.82) is 0 Å². The number of halogens is 1. The zero-order valence-corrected chi connectivity index (χ0v) is 20.7. The highest BCUT2D eigenvalue weighted by Crippen LogP contribution is 2.33. The van der Waals surface area contributed by atoms with Gasteiger partial charge in [-0.3, -0.25) is 4.79 Å². The number of carbonyl (C=O) groups excluding carboxylic acids is 1. The van der Waals surface area contributed by atoms with Crippen LogP contribution in [0.25, 0.3) is 5.65 Å². The first-order valence-corrected chi connectivity index (χ1v) is 12.5. The molecule has 1 aliphatic rings. The average Bonchev–Trinajstić information content (AvgIpc) is 3.34. The monoisotopic (exact) mass is 486 g/mol. The highest BCUT2D eigenvalue weighted by atomic mass is 19.1. The summed E-state index contributed by atoms with van der Waals surface area (Å²) in [5.74, 6) is 0.133. The lowest BCUT2D eigenvalue weighted by atomic mass is 9.91. The summed E-state index contributed by atoms with van der Waals surface area (Å²) in [6, 6.07) is 18.7. The normalized spacial score (nSPS) is 14.8. The van der Waals surface area contributed by atoms with Crippen molar-refractivity contribution in [1.82, 2.24) is 14.3 Å². The van der Waals surface area contributed by atoms with Crippen LogP contribution in [0.1, 0.15) is 36.1 Å². The molecule has 1 saturated heterocycles. The lowest BCUT2D eigenvalue weighted by Gasteiger charge is -2.37. The molecule has 0 bridgehead atoms. The fraction of sp³-hybridized carbons (Fsp3) is 0.310. The van der Waals surface area contributed by atoms with Crippen LogP contribution in [0.2, 0.25) is 0 Å². The minimum Gasteiger partial charge on any atom is -0.492 e. The lowest BCUT2D eigenvalue weighted by molar-refractivity contribution is -0.131. The zero-order valence-electron chi connectivity index (χ0n) is 20.7. The van der Waals surface area contributed by atoms with Gasteiger partial charge in [0.2, 0.25) is 5.91 Å². The van der Waals surface area contributed by atoms with Gasteiger partial charge in [0.05, 0.1) is 18.0 Å². The van der Waals surface area contributed by atoms with Crippen molar-refractivity contribution in [2.45, 2.75) is 26.2 Å². The van der Waals surface area contributed by atoms with Crippen molar-refractivity contribution >= 4 is 17.2 Å². The number of carbonyl (C=O) groups is 1. The van der Waals surface area contributed by atoms with Crippen molar-refractivity contribution in [2.75, 3.05) is 37.7 Å². The number of para-hydroxylation sites is 2. The molecule has 4 aromatic rings. The molecule has 1 amide bonds. The average molecular weight is 487 g/mol. The van der Waals surface area contributed by atoms with Crippen LogP contribution in [0.3, 0.4) is 0 Å². The number of hydrogen-bond acceptors (Lipinski definition) is 4. The van der Waals surface area contributed by atoms with E-state index in [1.807, 2.05) is 65.7 Å². The summed E-state index contributed by atoms with van der Waals surface area (Å²) in [5, 5.41) is 0. The number of rotatable bonds is 7. The molecule has 1 unspecified atom stereocenters. The van der Waals surface area contributed by atoms with E-state index in [1.165, 1.54) is 6.07 Å². The van der Waals surface area contributed by atoms with Crippen LogP contribution in [-0.2, 0) is 4.79 Å². The maximum absolute atomic E-state index is 15.0. The second-order valence-electron chi connectivity index (χ2n) is 9.11. The predicted octanol–water partition coefficient (Wildman–Crippen LogP) is 5.05. The molecule has 0 spiro atoms. The van der Waals surface area contributed by atoms with Crippen LogP contribution in [0.15, 0.2) is 73.1 Å². The molecular weight excluding hydrogens is 455 g/mol. The molecule has 3 heterocycles. The van der Waals surface area contributed by atoms with Gasteiger partial charge in [0.1, 0.15) is 17.2 Å². The van der Waals surface area contributed by atoms with E-state index in [9.17, 15) is 9.18 Å². The Morgan fingerprint density at radius 2 is 1.78 bits per heavy atom. The summed E-state index contributed by atoms with van der Waals surface area (Å²) >= 11 is 0. The van der Waals surface area contributed by atoms with Gasteiger partial charge in [-0.15, -0.1) is 0 Å². The Labute approximate surface area is 210 Å². The SMILES string of the molecule is CCOc1ccccc1N1CCN(C(=O)CC(c2ccccc2F)c2cnc3c(C)cccn23)CC1. The van der Waals surface area contributed by atoms with E-state index >= 15 is 0 Å². The summed E-state index contributed by atoms with van der Waals surface area (Å²) in [6.45, 7) is 7.23. The van der Waals surface area contributed by atoms with Crippen molar-refractivity contribution in [3.05, 3.63) is 95.7 Å². The Balaban J connectivity index is 1.37. The molecule has 7 heteroatoms. The van der Waals surface area contributed by atoms with E-state index in [0.717, 1.165) is 41.4 Å². The third kappa shape index (κ3) is 4.65. The Morgan fingerprint density at radius 3 is 2.56 bits per heavy atom. The molecular formula is C29H31FN4O2. The number of fused-ring (bicyclic) bond motifs is 1. The molecule has 5 rings (SSSR count). The number of hydrogen-bond donors (Lipinski definition) is 0. The number of aryl methyl sites for hydroxylation is 1. The highest BCUT2D eigenvalue weighted by molar-refractivity contribution is 5.78. The summed E-state index contributed by atoms with van der Waals surface area (Å²) in [6.07, 6.45) is 3.88. The van der Waals surface area contributed by atoms with E-state index < -0.39 is 5.92 Å². The number of piperazine rings is 1. The van der Waals surface area contributed by atoms with Crippen molar-refractivity contribution in [3.8, 4) is 5.75 Å². The standard InChI is InChI=1S/C29H31FN4O2/c1-3-36-27-13-7-6-12-25(27)32-15-17-33(18-16-32)28(35)19-23(22-10-4-5-11-24(22)30)26-20-31-29-21(2)9-8-14-34(26)29/h4-14,20,23H,3,15-19H2,1-2H3. The van der Waals surface area contributed by atoms with Crippen LogP contribution in [0.4, 0.5) is 10.1 Å². The van der Waals surface area contributed by atoms with Gasteiger partial charge in [-0.25, -0.2) is 9.37 Å². The molecule has 2 aromatic carbocycles. The number of benzene rings is 2. The van der Waals surface area contributed by atoms with Crippen LogP contribution < -0.4 is 9.64 Å². The maximum Gasteiger partial charge on any atom is 0.223 e. The number of ether oxygens (including phenoxy) is 1. The second kappa shape index (κ2) is 10.4. The minimum atomic E-state index is -0.438. The summed E-state index contributed by atoms with van der Waals surface area (Å²) < 4.78 is 22.7. The van der Waals surface area contributed by atoms with Gasteiger partial charge in [-0.05, 0) is 49.2 Å². The number of nitrogens with zero attached hydrogens (tertiary/aromatic N) is 4. The third-order valence-corrected chi connectivity index (χ3v) is 6.91. The molecule has 186 valence electrons. The van der Waals surface area contributed by atoms with Crippen LogP contribution in [0.5, 0.6) is 5.75 Å². The van der Waals surface area contributed by atoms with E-state index in [0.29, 0.717) is 25.3 Å². The summed E-state index contributed by atoms with van der Waals surface area (Å²) in [7, 11) is 0. The topological polar surface area (TPSA) is 50.1 Å². The molecule has 0 N–H and O–H groups in total. The molecule has 2 aromatic heterocycles. The molecule has 36 heavy (non-hydrogen) atoms. The van der Waals surface area contributed by atoms with Crippen molar-refractivity contribution in [3.63, 3.8) is 0 Å². The van der Waals surface area contributed by atoms with Gasteiger partial charge in [0, 0.05) is 50.9 Å². The van der Waals surface area contributed by atoms with Crippen molar-refractivity contribution in [2.24, 2.45) is 0 Å². The van der Waals surface area contributed by atoms with Crippen LogP contribution >= 0.6 is 0 Å². The smallest absolute Gasteiger partial charge is 0.223 e. The highest BCUT2D eigenvalue weighted by Gasteiger charge is 2.29. The summed E-state index contributed by atoms with van der Waals surface area (Å²) in [5.41, 5.74) is 4.24. The Morgan fingerprint density at radius 1 is 1.03 bits per heavy atom. The number of pyridine rings is 1.